The number of hydrogen-bond donors (Lipinski definition) is 1. The van der Waals surface area contributed by atoms with Crippen LogP contribution in [0.1, 0.15) is 35.9 Å². The van der Waals surface area contributed by atoms with Crippen LogP contribution >= 0.6 is 0 Å². The van der Waals surface area contributed by atoms with Gasteiger partial charge in [-0.15, -0.1) is 0 Å². The molecule has 3 aromatic rings. The fourth-order valence-corrected chi connectivity index (χ4v) is 3.29. The number of anilines is 2. The number of aromatic nitrogens is 2. The number of aryl methyl sites for hydroxylation is 1. The first-order valence-electron chi connectivity index (χ1n) is 9.16. The van der Waals surface area contributed by atoms with E-state index in [0.717, 1.165) is 48.9 Å². The van der Waals surface area contributed by atoms with Crippen LogP contribution in [0.25, 0.3) is 10.9 Å². The minimum atomic E-state index is -0.0855. The number of carbonyl (C=O) groups excluding carboxylic acids is 1. The van der Waals surface area contributed by atoms with Gasteiger partial charge < -0.3 is 10.2 Å². The Balaban J connectivity index is 1.72. The molecule has 5 heteroatoms. The number of nitrogens with zero attached hydrogens (tertiary/aromatic N) is 3. The summed E-state index contributed by atoms with van der Waals surface area (Å²) in [5, 5.41) is 4.27. The van der Waals surface area contributed by atoms with E-state index in [1.165, 1.54) is 5.56 Å². The number of amides is 1. The summed E-state index contributed by atoms with van der Waals surface area (Å²) in [6, 6.07) is 16.1. The van der Waals surface area contributed by atoms with Crippen LogP contribution < -0.4 is 5.32 Å². The van der Waals surface area contributed by atoms with Crippen LogP contribution in [0.4, 0.5) is 11.5 Å². The normalized spacial score (nSPS) is 14.0. The van der Waals surface area contributed by atoms with Crippen molar-refractivity contribution in [3.8, 4) is 0 Å². The zero-order chi connectivity index (χ0) is 17.9. The molecule has 4 rings (SSSR count). The van der Waals surface area contributed by atoms with Gasteiger partial charge in [0.15, 0.2) is 0 Å². The Labute approximate surface area is 153 Å². The molecule has 0 radical (unpaired) electrons. The first-order chi connectivity index (χ1) is 12.7. The molecular weight excluding hydrogens is 324 g/mol. The molecule has 0 atom stereocenters. The summed E-state index contributed by atoms with van der Waals surface area (Å²) in [6.07, 6.45) is 3.10. The number of likely N-dealkylation sites (tertiary alicyclic amines) is 1. The first-order valence-corrected chi connectivity index (χ1v) is 9.16. The highest BCUT2D eigenvalue weighted by Crippen LogP contribution is 2.25. The maximum atomic E-state index is 12.8. The summed E-state index contributed by atoms with van der Waals surface area (Å²) in [5.41, 5.74) is 3.01. The molecule has 1 N–H and O–H groups in total. The zero-order valence-electron chi connectivity index (χ0n) is 14.9. The quantitative estimate of drug-likeness (QED) is 0.770. The van der Waals surface area contributed by atoms with Gasteiger partial charge in [0.05, 0.1) is 5.52 Å². The largest absolute Gasteiger partial charge is 0.340 e. The van der Waals surface area contributed by atoms with Crippen molar-refractivity contribution in [2.24, 2.45) is 0 Å². The third-order valence-corrected chi connectivity index (χ3v) is 4.81. The monoisotopic (exact) mass is 346 g/mol. The van der Waals surface area contributed by atoms with E-state index >= 15 is 0 Å². The lowest BCUT2D eigenvalue weighted by molar-refractivity contribution is 0.0781. The van der Waals surface area contributed by atoms with Crippen LogP contribution in [0, 0.1) is 0 Å². The predicted octanol–water partition coefficient (Wildman–Crippen LogP) is 4.17. The van der Waals surface area contributed by atoms with Gasteiger partial charge in [-0.1, -0.05) is 31.2 Å². The highest BCUT2D eigenvalue weighted by atomic mass is 16.2. The van der Waals surface area contributed by atoms with Crippen molar-refractivity contribution in [3.05, 3.63) is 59.9 Å². The minimum Gasteiger partial charge on any atom is -0.340 e. The Morgan fingerprint density at radius 3 is 2.50 bits per heavy atom. The molecule has 5 nitrogen and oxygen atoms in total. The van der Waals surface area contributed by atoms with Crippen molar-refractivity contribution in [1.82, 2.24) is 14.9 Å². The van der Waals surface area contributed by atoms with Crippen molar-refractivity contribution >= 4 is 28.3 Å². The summed E-state index contributed by atoms with van der Waals surface area (Å²) < 4.78 is 0. The molecule has 1 fully saturated rings. The number of hydrogen-bond acceptors (Lipinski definition) is 4. The number of carbonyl (C=O) groups is 1. The number of para-hydroxylation sites is 1. The SMILES string of the molecule is CCc1ccc(Nc2nc(C(=O)N3CCCC3)nc3ccccc23)cc1. The van der Waals surface area contributed by atoms with Gasteiger partial charge in [-0.25, -0.2) is 9.97 Å². The number of benzene rings is 2. The van der Waals surface area contributed by atoms with Crippen LogP contribution in [0.15, 0.2) is 48.5 Å². The number of fused-ring (bicyclic) bond motifs is 1. The predicted molar refractivity (Wildman–Crippen MR) is 104 cm³/mol. The second-order valence-corrected chi connectivity index (χ2v) is 6.59. The lowest BCUT2D eigenvalue weighted by atomic mass is 10.1. The van der Waals surface area contributed by atoms with E-state index in [1.54, 1.807) is 0 Å². The molecule has 0 bridgehead atoms. The lowest BCUT2D eigenvalue weighted by Gasteiger charge is -2.16. The van der Waals surface area contributed by atoms with Crippen molar-refractivity contribution in [3.63, 3.8) is 0 Å². The van der Waals surface area contributed by atoms with Crippen LogP contribution in [0.3, 0.4) is 0 Å². The van der Waals surface area contributed by atoms with Gasteiger partial charge in [0.25, 0.3) is 5.91 Å². The lowest BCUT2D eigenvalue weighted by Crippen LogP contribution is -2.29. The van der Waals surface area contributed by atoms with Gasteiger partial charge >= 0.3 is 0 Å². The van der Waals surface area contributed by atoms with Gasteiger partial charge in [-0.05, 0) is 49.1 Å². The Bertz CT molecular complexity index is 930. The van der Waals surface area contributed by atoms with Gasteiger partial charge in [-0.3, -0.25) is 4.79 Å². The van der Waals surface area contributed by atoms with E-state index in [1.807, 2.05) is 41.3 Å². The maximum absolute atomic E-state index is 12.8. The average Bonchev–Trinajstić information content (AvgIpc) is 3.22. The maximum Gasteiger partial charge on any atom is 0.291 e. The van der Waals surface area contributed by atoms with Crippen molar-refractivity contribution < 1.29 is 4.79 Å². The molecule has 1 aromatic heterocycles. The van der Waals surface area contributed by atoms with E-state index in [0.29, 0.717) is 5.82 Å². The minimum absolute atomic E-state index is 0.0855. The molecule has 26 heavy (non-hydrogen) atoms. The smallest absolute Gasteiger partial charge is 0.291 e. The van der Waals surface area contributed by atoms with Crippen LogP contribution in [0.5, 0.6) is 0 Å². The van der Waals surface area contributed by atoms with Gasteiger partial charge in [0, 0.05) is 24.2 Å². The summed E-state index contributed by atoms with van der Waals surface area (Å²) in [6.45, 7) is 3.71. The highest BCUT2D eigenvalue weighted by Gasteiger charge is 2.23. The standard InChI is InChI=1S/C21H22N4O/c1-2-15-9-11-16(12-10-15)22-19-17-7-3-4-8-18(17)23-20(24-19)21(26)25-13-5-6-14-25/h3-4,7-12H,2,5-6,13-14H2,1H3,(H,22,23,24). The molecule has 0 unspecified atom stereocenters. The van der Waals surface area contributed by atoms with E-state index < -0.39 is 0 Å². The number of nitrogens with one attached hydrogen (secondary N) is 1. The summed E-state index contributed by atoms with van der Waals surface area (Å²) in [7, 11) is 0. The summed E-state index contributed by atoms with van der Waals surface area (Å²) in [4.78, 5) is 23.7. The third kappa shape index (κ3) is 3.25. The van der Waals surface area contributed by atoms with Gasteiger partial charge in [0.2, 0.25) is 5.82 Å². The highest BCUT2D eigenvalue weighted by molar-refractivity contribution is 5.97. The van der Waals surface area contributed by atoms with Crippen LogP contribution in [-0.2, 0) is 6.42 Å². The Kier molecular flexibility index (Phi) is 4.52. The summed E-state index contributed by atoms with van der Waals surface area (Å²) in [5.74, 6) is 0.846. The third-order valence-electron chi connectivity index (χ3n) is 4.81. The molecular formula is C21H22N4O. The van der Waals surface area contributed by atoms with Gasteiger partial charge in [-0.2, -0.15) is 0 Å². The second kappa shape index (κ2) is 7.12. The molecule has 1 aliphatic rings. The van der Waals surface area contributed by atoms with Gasteiger partial charge in [0.1, 0.15) is 5.82 Å². The topological polar surface area (TPSA) is 58.1 Å². The van der Waals surface area contributed by atoms with Crippen molar-refractivity contribution in [2.45, 2.75) is 26.2 Å². The fraction of sp³-hybridized carbons (Fsp3) is 0.286. The average molecular weight is 346 g/mol. The number of rotatable bonds is 4. The van der Waals surface area contributed by atoms with E-state index in [9.17, 15) is 4.79 Å². The zero-order valence-corrected chi connectivity index (χ0v) is 14.9. The van der Waals surface area contributed by atoms with E-state index in [2.05, 4.69) is 34.3 Å². The molecule has 132 valence electrons. The van der Waals surface area contributed by atoms with Crippen molar-refractivity contribution in [1.29, 1.82) is 0 Å². The Morgan fingerprint density at radius 1 is 1.04 bits per heavy atom. The molecule has 2 aromatic carbocycles. The molecule has 0 saturated carbocycles. The Morgan fingerprint density at radius 2 is 1.77 bits per heavy atom. The summed E-state index contributed by atoms with van der Waals surface area (Å²) >= 11 is 0. The molecule has 2 heterocycles. The van der Waals surface area contributed by atoms with Crippen LogP contribution in [-0.4, -0.2) is 33.9 Å². The fourth-order valence-electron chi connectivity index (χ4n) is 3.29. The molecule has 1 saturated heterocycles. The second-order valence-electron chi connectivity index (χ2n) is 6.59. The Hall–Kier alpha value is -2.95. The first kappa shape index (κ1) is 16.5. The van der Waals surface area contributed by atoms with Crippen LogP contribution in [0.2, 0.25) is 0 Å². The van der Waals surface area contributed by atoms with E-state index in [-0.39, 0.29) is 11.7 Å². The van der Waals surface area contributed by atoms with Crippen molar-refractivity contribution in [2.75, 3.05) is 18.4 Å². The molecule has 1 amide bonds. The van der Waals surface area contributed by atoms with E-state index in [4.69, 9.17) is 0 Å². The molecule has 1 aliphatic heterocycles. The molecule has 0 aliphatic carbocycles. The molecule has 0 spiro atoms.